The summed E-state index contributed by atoms with van der Waals surface area (Å²) < 4.78 is 12.4. The molecule has 0 aliphatic rings. The van der Waals surface area contributed by atoms with E-state index in [-0.39, 0.29) is 0 Å². The predicted molar refractivity (Wildman–Crippen MR) is 88.3 cm³/mol. The first-order valence-electron chi connectivity index (χ1n) is 7.47. The molecule has 118 valence electrons. The SMILES string of the molecule is COc1ccc(CCc2cn(-c3ccccc3)nn2)cc1OC. The van der Waals surface area contributed by atoms with Crippen LogP contribution in [0.25, 0.3) is 5.69 Å². The summed E-state index contributed by atoms with van der Waals surface area (Å²) in [5.74, 6) is 1.49. The van der Waals surface area contributed by atoms with Crippen LogP contribution in [0, 0.1) is 0 Å². The van der Waals surface area contributed by atoms with Crippen LogP contribution in [0.1, 0.15) is 11.3 Å². The largest absolute Gasteiger partial charge is 0.493 e. The van der Waals surface area contributed by atoms with Gasteiger partial charge in [0.05, 0.1) is 31.8 Å². The van der Waals surface area contributed by atoms with E-state index in [1.54, 1.807) is 18.9 Å². The van der Waals surface area contributed by atoms with Crippen molar-refractivity contribution >= 4 is 0 Å². The summed E-state index contributed by atoms with van der Waals surface area (Å²) >= 11 is 0. The van der Waals surface area contributed by atoms with Crippen LogP contribution in [0.5, 0.6) is 11.5 Å². The fraction of sp³-hybridized carbons (Fsp3) is 0.222. The number of methoxy groups -OCH3 is 2. The second-order valence-electron chi connectivity index (χ2n) is 5.18. The topological polar surface area (TPSA) is 49.2 Å². The van der Waals surface area contributed by atoms with Crippen LogP contribution >= 0.6 is 0 Å². The Hall–Kier alpha value is -2.82. The van der Waals surface area contributed by atoms with Gasteiger partial charge in [0.2, 0.25) is 0 Å². The fourth-order valence-corrected chi connectivity index (χ4v) is 2.43. The molecular formula is C18H19N3O2. The first-order valence-corrected chi connectivity index (χ1v) is 7.47. The molecule has 0 radical (unpaired) electrons. The number of nitrogens with zero attached hydrogens (tertiary/aromatic N) is 3. The van der Waals surface area contributed by atoms with Crippen LogP contribution in [0.4, 0.5) is 0 Å². The third-order valence-corrected chi connectivity index (χ3v) is 3.68. The van der Waals surface area contributed by atoms with Gasteiger partial charge in [-0.3, -0.25) is 0 Å². The van der Waals surface area contributed by atoms with Crippen LogP contribution < -0.4 is 9.47 Å². The lowest BCUT2D eigenvalue weighted by atomic mass is 10.1. The second-order valence-corrected chi connectivity index (χ2v) is 5.18. The maximum atomic E-state index is 5.33. The zero-order valence-corrected chi connectivity index (χ0v) is 13.3. The Morgan fingerprint density at radius 1 is 0.913 bits per heavy atom. The number of ether oxygens (including phenoxy) is 2. The lowest BCUT2D eigenvalue weighted by Crippen LogP contribution is -1.95. The number of para-hydroxylation sites is 1. The molecule has 1 heterocycles. The molecule has 0 atom stereocenters. The van der Waals surface area contributed by atoms with Gasteiger partial charge in [-0.15, -0.1) is 5.10 Å². The summed E-state index contributed by atoms with van der Waals surface area (Å²) in [4.78, 5) is 0. The van der Waals surface area contributed by atoms with E-state index in [9.17, 15) is 0 Å². The van der Waals surface area contributed by atoms with E-state index >= 15 is 0 Å². The molecule has 5 nitrogen and oxygen atoms in total. The summed E-state index contributed by atoms with van der Waals surface area (Å²) in [6.45, 7) is 0. The van der Waals surface area contributed by atoms with Gasteiger partial charge in [-0.25, -0.2) is 4.68 Å². The molecule has 0 aliphatic carbocycles. The summed E-state index contributed by atoms with van der Waals surface area (Å²) in [6, 6.07) is 15.9. The van der Waals surface area contributed by atoms with E-state index in [4.69, 9.17) is 9.47 Å². The van der Waals surface area contributed by atoms with Gasteiger partial charge in [0.25, 0.3) is 0 Å². The van der Waals surface area contributed by atoms with Crippen LogP contribution in [0.3, 0.4) is 0 Å². The molecule has 3 aromatic rings. The van der Waals surface area contributed by atoms with Crippen molar-refractivity contribution in [3.63, 3.8) is 0 Å². The highest BCUT2D eigenvalue weighted by molar-refractivity contribution is 5.43. The van der Waals surface area contributed by atoms with Gasteiger partial charge in [-0.2, -0.15) is 0 Å². The molecule has 5 heteroatoms. The molecular weight excluding hydrogens is 290 g/mol. The van der Waals surface area contributed by atoms with Crippen LogP contribution in [-0.4, -0.2) is 29.2 Å². The Kier molecular flexibility index (Phi) is 4.57. The minimum Gasteiger partial charge on any atom is -0.493 e. The van der Waals surface area contributed by atoms with Crippen molar-refractivity contribution in [3.05, 3.63) is 66.0 Å². The normalized spacial score (nSPS) is 10.5. The molecule has 0 aliphatic heterocycles. The van der Waals surface area contributed by atoms with E-state index in [0.29, 0.717) is 0 Å². The molecule has 0 bridgehead atoms. The number of rotatable bonds is 6. The average Bonchev–Trinajstić information content (AvgIpc) is 3.09. The molecule has 0 saturated heterocycles. The third-order valence-electron chi connectivity index (χ3n) is 3.68. The first-order chi connectivity index (χ1) is 11.3. The summed E-state index contributed by atoms with van der Waals surface area (Å²) in [5.41, 5.74) is 3.15. The molecule has 3 rings (SSSR count). The molecule has 0 fully saturated rings. The van der Waals surface area contributed by atoms with Gasteiger partial charge >= 0.3 is 0 Å². The predicted octanol–water partition coefficient (Wildman–Crippen LogP) is 3.07. The maximum Gasteiger partial charge on any atom is 0.160 e. The van der Waals surface area contributed by atoms with Crippen molar-refractivity contribution in [3.8, 4) is 17.2 Å². The molecule has 1 aromatic heterocycles. The van der Waals surface area contributed by atoms with Gasteiger partial charge in [0.1, 0.15) is 0 Å². The van der Waals surface area contributed by atoms with Gasteiger partial charge in [-0.1, -0.05) is 29.5 Å². The van der Waals surface area contributed by atoms with Crippen LogP contribution in [-0.2, 0) is 12.8 Å². The fourth-order valence-electron chi connectivity index (χ4n) is 2.43. The minimum atomic E-state index is 0.742. The van der Waals surface area contributed by atoms with Gasteiger partial charge in [-0.05, 0) is 42.7 Å². The third kappa shape index (κ3) is 3.51. The van der Waals surface area contributed by atoms with Crippen molar-refractivity contribution in [2.45, 2.75) is 12.8 Å². The number of hydrogen-bond donors (Lipinski definition) is 0. The molecule has 23 heavy (non-hydrogen) atoms. The van der Waals surface area contributed by atoms with Crippen molar-refractivity contribution in [2.75, 3.05) is 14.2 Å². The zero-order valence-electron chi connectivity index (χ0n) is 13.3. The standard InChI is InChI=1S/C18H19N3O2/c1-22-17-11-9-14(12-18(17)23-2)8-10-15-13-21(20-19-15)16-6-4-3-5-7-16/h3-7,9,11-13H,8,10H2,1-2H3. The second kappa shape index (κ2) is 6.96. The smallest absolute Gasteiger partial charge is 0.160 e. The summed E-state index contributed by atoms with van der Waals surface area (Å²) in [7, 11) is 3.28. The van der Waals surface area contributed by atoms with E-state index in [1.165, 1.54) is 5.56 Å². The van der Waals surface area contributed by atoms with Gasteiger partial charge in [0, 0.05) is 0 Å². The molecule has 0 spiro atoms. The van der Waals surface area contributed by atoms with Gasteiger partial charge < -0.3 is 9.47 Å². The van der Waals surface area contributed by atoms with E-state index in [1.807, 2.05) is 54.7 Å². The first kappa shape index (κ1) is 15.1. The van der Waals surface area contributed by atoms with Crippen molar-refractivity contribution in [1.82, 2.24) is 15.0 Å². The minimum absolute atomic E-state index is 0.742. The number of benzene rings is 2. The highest BCUT2D eigenvalue weighted by Gasteiger charge is 2.07. The summed E-state index contributed by atoms with van der Waals surface area (Å²) in [5, 5.41) is 8.42. The highest BCUT2D eigenvalue weighted by Crippen LogP contribution is 2.27. The Morgan fingerprint density at radius 2 is 1.70 bits per heavy atom. The van der Waals surface area contributed by atoms with E-state index < -0.39 is 0 Å². The maximum absolute atomic E-state index is 5.33. The quantitative estimate of drug-likeness (QED) is 0.702. The molecule has 0 amide bonds. The number of aryl methyl sites for hydroxylation is 2. The van der Waals surface area contributed by atoms with E-state index in [0.717, 1.165) is 35.7 Å². The Balaban J connectivity index is 1.68. The molecule has 0 unspecified atom stereocenters. The lowest BCUT2D eigenvalue weighted by Gasteiger charge is -2.09. The highest BCUT2D eigenvalue weighted by atomic mass is 16.5. The molecule has 0 saturated carbocycles. The Bertz CT molecular complexity index is 769. The van der Waals surface area contributed by atoms with Crippen molar-refractivity contribution < 1.29 is 9.47 Å². The summed E-state index contributed by atoms with van der Waals surface area (Å²) in [6.07, 6.45) is 3.66. The number of aromatic nitrogens is 3. The Labute approximate surface area is 135 Å². The van der Waals surface area contributed by atoms with E-state index in [2.05, 4.69) is 10.3 Å². The average molecular weight is 309 g/mol. The monoisotopic (exact) mass is 309 g/mol. The Morgan fingerprint density at radius 3 is 2.43 bits per heavy atom. The van der Waals surface area contributed by atoms with Crippen molar-refractivity contribution in [2.24, 2.45) is 0 Å². The zero-order chi connectivity index (χ0) is 16.1. The lowest BCUT2D eigenvalue weighted by molar-refractivity contribution is 0.354. The number of hydrogen-bond acceptors (Lipinski definition) is 4. The van der Waals surface area contributed by atoms with Crippen LogP contribution in [0.2, 0.25) is 0 Å². The van der Waals surface area contributed by atoms with Gasteiger partial charge in [0.15, 0.2) is 11.5 Å². The van der Waals surface area contributed by atoms with Crippen molar-refractivity contribution in [1.29, 1.82) is 0 Å². The molecule has 2 aromatic carbocycles. The molecule has 0 N–H and O–H groups in total. The van der Waals surface area contributed by atoms with Crippen LogP contribution in [0.15, 0.2) is 54.7 Å².